The number of nitrogens with zero attached hydrogens (tertiary/aromatic N) is 2. The molecule has 1 atom stereocenters. The summed E-state index contributed by atoms with van der Waals surface area (Å²) in [5, 5.41) is 3.12. The Morgan fingerprint density at radius 3 is 2.70 bits per heavy atom. The van der Waals surface area contributed by atoms with E-state index < -0.39 is 0 Å². The molecular weight excluding hydrogens is 338 g/mol. The number of hydrogen-bond donors (Lipinski definition) is 1. The van der Waals surface area contributed by atoms with E-state index in [1.54, 1.807) is 6.20 Å². The molecule has 1 aliphatic heterocycles. The van der Waals surface area contributed by atoms with Gasteiger partial charge >= 0.3 is 0 Å². The summed E-state index contributed by atoms with van der Waals surface area (Å²) in [5.41, 5.74) is 3.69. The van der Waals surface area contributed by atoms with Crippen LogP contribution in [-0.4, -0.2) is 48.6 Å². The van der Waals surface area contributed by atoms with Crippen molar-refractivity contribution >= 4 is 5.91 Å². The highest BCUT2D eigenvalue weighted by atomic mass is 16.5. The van der Waals surface area contributed by atoms with Gasteiger partial charge in [0.15, 0.2) is 0 Å². The normalized spacial score (nSPS) is 16.0. The summed E-state index contributed by atoms with van der Waals surface area (Å²) in [5.74, 6) is 0.115. The molecule has 3 rings (SSSR count). The minimum Gasteiger partial charge on any atom is -0.379 e. The van der Waals surface area contributed by atoms with Gasteiger partial charge in [0, 0.05) is 38.4 Å². The Morgan fingerprint density at radius 1 is 1.22 bits per heavy atom. The third-order valence-corrected chi connectivity index (χ3v) is 5.04. The average Bonchev–Trinajstić information content (AvgIpc) is 2.71. The molecule has 1 fully saturated rings. The van der Waals surface area contributed by atoms with Crippen LogP contribution >= 0.6 is 0 Å². The maximum atomic E-state index is 12.3. The van der Waals surface area contributed by atoms with Crippen molar-refractivity contribution in [3.05, 3.63) is 65.5 Å². The molecule has 2 aromatic rings. The molecule has 0 bridgehead atoms. The SMILES string of the molecule is Cc1ccc(CCCC(=O)NCC(c2cccnc2)N2CCOCC2)cc1. The Bertz CT molecular complexity index is 697. The van der Waals surface area contributed by atoms with Gasteiger partial charge in [-0.05, 0) is 37.0 Å². The van der Waals surface area contributed by atoms with E-state index in [2.05, 4.69) is 52.5 Å². The van der Waals surface area contributed by atoms with E-state index in [9.17, 15) is 4.79 Å². The van der Waals surface area contributed by atoms with E-state index in [4.69, 9.17) is 4.74 Å². The number of aromatic nitrogens is 1. The summed E-state index contributed by atoms with van der Waals surface area (Å²) in [6, 6.07) is 12.7. The van der Waals surface area contributed by atoms with Crippen LogP contribution in [0.1, 0.15) is 35.6 Å². The molecule has 1 aliphatic rings. The van der Waals surface area contributed by atoms with Crippen molar-refractivity contribution in [1.82, 2.24) is 15.2 Å². The first-order valence-corrected chi connectivity index (χ1v) is 9.76. The van der Waals surface area contributed by atoms with Gasteiger partial charge in [-0.3, -0.25) is 14.7 Å². The maximum Gasteiger partial charge on any atom is 0.220 e. The zero-order valence-electron chi connectivity index (χ0n) is 16.1. The highest BCUT2D eigenvalue weighted by Crippen LogP contribution is 2.20. The standard InChI is InChI=1S/C22H29N3O2/c1-18-7-9-19(10-8-18)4-2-6-22(26)24-17-21(20-5-3-11-23-16-20)25-12-14-27-15-13-25/h3,5,7-11,16,21H,2,4,6,12-15,17H2,1H3,(H,24,26). The third-order valence-electron chi connectivity index (χ3n) is 5.04. The summed E-state index contributed by atoms with van der Waals surface area (Å²) >= 11 is 0. The summed E-state index contributed by atoms with van der Waals surface area (Å²) in [6.07, 6.45) is 6.02. The van der Waals surface area contributed by atoms with E-state index in [0.717, 1.165) is 44.7 Å². The smallest absolute Gasteiger partial charge is 0.220 e. The lowest BCUT2D eigenvalue weighted by molar-refractivity contribution is -0.121. The number of rotatable bonds is 8. The van der Waals surface area contributed by atoms with Gasteiger partial charge in [-0.25, -0.2) is 0 Å². The van der Waals surface area contributed by atoms with Crippen LogP contribution in [0.5, 0.6) is 0 Å². The number of pyridine rings is 1. The van der Waals surface area contributed by atoms with Crippen molar-refractivity contribution in [2.24, 2.45) is 0 Å². The molecule has 1 aromatic carbocycles. The second-order valence-corrected chi connectivity index (χ2v) is 7.09. The molecule has 5 nitrogen and oxygen atoms in total. The van der Waals surface area contributed by atoms with Gasteiger partial charge in [0.25, 0.3) is 0 Å². The van der Waals surface area contributed by atoms with Crippen LogP contribution < -0.4 is 5.32 Å². The summed E-state index contributed by atoms with van der Waals surface area (Å²) in [4.78, 5) is 19.0. The molecule has 0 aliphatic carbocycles. The maximum absolute atomic E-state index is 12.3. The molecular formula is C22H29N3O2. The topological polar surface area (TPSA) is 54.5 Å². The van der Waals surface area contributed by atoms with Gasteiger partial charge in [0.2, 0.25) is 5.91 Å². The minimum absolute atomic E-state index is 0.115. The van der Waals surface area contributed by atoms with Crippen molar-refractivity contribution in [2.45, 2.75) is 32.2 Å². The molecule has 1 saturated heterocycles. The Morgan fingerprint density at radius 2 is 2.00 bits per heavy atom. The summed E-state index contributed by atoms with van der Waals surface area (Å²) < 4.78 is 5.47. The van der Waals surface area contributed by atoms with Crippen LogP contribution in [0.25, 0.3) is 0 Å². The zero-order valence-corrected chi connectivity index (χ0v) is 16.1. The van der Waals surface area contributed by atoms with Crippen LogP contribution in [0.4, 0.5) is 0 Å². The number of carbonyl (C=O) groups is 1. The molecule has 1 amide bonds. The lowest BCUT2D eigenvalue weighted by Crippen LogP contribution is -2.43. The fourth-order valence-electron chi connectivity index (χ4n) is 3.43. The van der Waals surface area contributed by atoms with Gasteiger partial charge in [-0.15, -0.1) is 0 Å². The van der Waals surface area contributed by atoms with Gasteiger partial charge in [0.1, 0.15) is 0 Å². The summed E-state index contributed by atoms with van der Waals surface area (Å²) in [6.45, 7) is 5.92. The molecule has 5 heteroatoms. The van der Waals surface area contributed by atoms with Crippen molar-refractivity contribution in [1.29, 1.82) is 0 Å². The van der Waals surface area contributed by atoms with Crippen LogP contribution in [0.2, 0.25) is 0 Å². The van der Waals surface area contributed by atoms with E-state index in [0.29, 0.717) is 13.0 Å². The van der Waals surface area contributed by atoms with Crippen molar-refractivity contribution in [2.75, 3.05) is 32.8 Å². The first kappa shape index (κ1) is 19.5. The predicted octanol–water partition coefficient (Wildman–Crippen LogP) is 2.90. The monoisotopic (exact) mass is 367 g/mol. The number of benzene rings is 1. The second-order valence-electron chi connectivity index (χ2n) is 7.09. The molecule has 27 heavy (non-hydrogen) atoms. The molecule has 144 valence electrons. The second kappa shape index (κ2) is 10.2. The first-order chi connectivity index (χ1) is 13.2. The van der Waals surface area contributed by atoms with E-state index >= 15 is 0 Å². The Balaban J connectivity index is 1.48. The van der Waals surface area contributed by atoms with Crippen LogP contribution in [0.3, 0.4) is 0 Å². The van der Waals surface area contributed by atoms with Crippen molar-refractivity contribution < 1.29 is 9.53 Å². The zero-order chi connectivity index (χ0) is 18.9. The minimum atomic E-state index is 0.115. The lowest BCUT2D eigenvalue weighted by Gasteiger charge is -2.34. The van der Waals surface area contributed by atoms with Crippen LogP contribution in [0.15, 0.2) is 48.8 Å². The number of hydrogen-bond acceptors (Lipinski definition) is 4. The Labute approximate surface area is 161 Å². The molecule has 0 radical (unpaired) electrons. The lowest BCUT2D eigenvalue weighted by atomic mass is 10.1. The van der Waals surface area contributed by atoms with Gasteiger partial charge in [-0.2, -0.15) is 0 Å². The Hall–Kier alpha value is -2.24. The number of aryl methyl sites for hydroxylation is 2. The van der Waals surface area contributed by atoms with Crippen LogP contribution in [-0.2, 0) is 16.0 Å². The molecule has 1 N–H and O–H groups in total. The number of nitrogens with one attached hydrogen (secondary N) is 1. The highest BCUT2D eigenvalue weighted by molar-refractivity contribution is 5.75. The fraction of sp³-hybridized carbons (Fsp3) is 0.455. The highest BCUT2D eigenvalue weighted by Gasteiger charge is 2.23. The average molecular weight is 367 g/mol. The van der Waals surface area contributed by atoms with Crippen LogP contribution in [0, 0.1) is 6.92 Å². The fourth-order valence-corrected chi connectivity index (χ4v) is 3.43. The van der Waals surface area contributed by atoms with Gasteiger partial charge in [0.05, 0.1) is 19.3 Å². The molecule has 0 spiro atoms. The quantitative estimate of drug-likeness (QED) is 0.779. The number of carbonyl (C=O) groups excluding carboxylic acids is 1. The van der Waals surface area contributed by atoms with E-state index in [1.165, 1.54) is 11.1 Å². The van der Waals surface area contributed by atoms with Gasteiger partial charge in [-0.1, -0.05) is 35.9 Å². The molecule has 1 aromatic heterocycles. The van der Waals surface area contributed by atoms with E-state index in [-0.39, 0.29) is 11.9 Å². The number of amides is 1. The number of morpholine rings is 1. The molecule has 1 unspecified atom stereocenters. The van der Waals surface area contributed by atoms with Crippen molar-refractivity contribution in [3.63, 3.8) is 0 Å². The predicted molar refractivity (Wildman–Crippen MR) is 106 cm³/mol. The van der Waals surface area contributed by atoms with E-state index in [1.807, 2.05) is 12.3 Å². The molecule has 0 saturated carbocycles. The van der Waals surface area contributed by atoms with Crippen molar-refractivity contribution in [3.8, 4) is 0 Å². The third kappa shape index (κ3) is 6.15. The molecule has 2 heterocycles. The Kier molecular flexibility index (Phi) is 7.36. The number of ether oxygens (including phenoxy) is 1. The largest absolute Gasteiger partial charge is 0.379 e. The first-order valence-electron chi connectivity index (χ1n) is 9.76. The van der Waals surface area contributed by atoms with Gasteiger partial charge < -0.3 is 10.1 Å². The summed E-state index contributed by atoms with van der Waals surface area (Å²) in [7, 11) is 0.